The monoisotopic (exact) mass is 245 g/mol. The Labute approximate surface area is 104 Å². The molecule has 0 unspecified atom stereocenters. The number of aryl methyl sites for hydroxylation is 1. The predicted octanol–water partition coefficient (Wildman–Crippen LogP) is 2.05. The van der Waals surface area contributed by atoms with Crippen LogP contribution in [0.5, 0.6) is 5.75 Å². The van der Waals surface area contributed by atoms with Crippen LogP contribution in [-0.4, -0.2) is 16.4 Å². The fraction of sp³-hybridized carbons (Fsp3) is 0.231. The molecule has 4 nitrogen and oxygen atoms in total. The van der Waals surface area contributed by atoms with Crippen LogP contribution < -0.4 is 4.74 Å². The molecule has 0 bridgehead atoms. The Balaban J connectivity index is 1.95. The highest BCUT2D eigenvalue weighted by Crippen LogP contribution is 2.18. The van der Waals surface area contributed by atoms with E-state index in [0.717, 1.165) is 5.69 Å². The molecule has 1 heterocycles. The summed E-state index contributed by atoms with van der Waals surface area (Å²) in [6, 6.07) is 7.93. The number of ether oxygens (including phenoxy) is 1. The third-order valence-corrected chi connectivity index (χ3v) is 2.60. The van der Waals surface area contributed by atoms with Gasteiger partial charge in [0, 0.05) is 25.4 Å². The zero-order valence-corrected chi connectivity index (χ0v) is 9.93. The second-order valence-electron chi connectivity index (χ2n) is 3.80. The van der Waals surface area contributed by atoms with Gasteiger partial charge in [-0.25, -0.2) is 4.39 Å². The fourth-order valence-corrected chi connectivity index (χ4v) is 1.60. The normalized spacial score (nSPS) is 10.1. The smallest absolute Gasteiger partial charge is 0.166 e. The van der Waals surface area contributed by atoms with E-state index in [9.17, 15) is 4.39 Å². The second kappa shape index (κ2) is 5.32. The summed E-state index contributed by atoms with van der Waals surface area (Å²) in [6.07, 6.45) is 2.35. The molecule has 0 N–H and O–H groups in total. The number of hydrogen-bond donors (Lipinski definition) is 0. The number of halogens is 1. The lowest BCUT2D eigenvalue weighted by molar-refractivity contribution is 0.302. The number of nitriles is 1. The molecule has 0 amide bonds. The van der Waals surface area contributed by atoms with Crippen LogP contribution in [0.4, 0.5) is 4.39 Å². The average Bonchev–Trinajstić information content (AvgIpc) is 2.77. The van der Waals surface area contributed by atoms with Crippen molar-refractivity contribution in [1.29, 1.82) is 5.26 Å². The van der Waals surface area contributed by atoms with Gasteiger partial charge in [0.05, 0.1) is 18.2 Å². The fourth-order valence-electron chi connectivity index (χ4n) is 1.60. The Morgan fingerprint density at radius 3 is 2.89 bits per heavy atom. The van der Waals surface area contributed by atoms with E-state index in [-0.39, 0.29) is 11.3 Å². The van der Waals surface area contributed by atoms with Crippen LogP contribution in [0.1, 0.15) is 11.3 Å². The van der Waals surface area contributed by atoms with Gasteiger partial charge in [-0.3, -0.25) is 4.68 Å². The third-order valence-electron chi connectivity index (χ3n) is 2.60. The molecule has 0 aliphatic carbocycles. The summed E-state index contributed by atoms with van der Waals surface area (Å²) >= 11 is 0. The average molecular weight is 245 g/mol. The molecule has 0 saturated carbocycles. The van der Waals surface area contributed by atoms with Crippen molar-refractivity contribution < 1.29 is 9.13 Å². The van der Waals surface area contributed by atoms with Gasteiger partial charge in [-0.2, -0.15) is 10.4 Å². The minimum Gasteiger partial charge on any atom is -0.490 e. The number of rotatable bonds is 4. The van der Waals surface area contributed by atoms with E-state index < -0.39 is 5.82 Å². The lowest BCUT2D eigenvalue weighted by atomic mass is 10.2. The largest absolute Gasteiger partial charge is 0.490 e. The Morgan fingerprint density at radius 2 is 2.28 bits per heavy atom. The molecule has 0 atom stereocenters. The molecular weight excluding hydrogens is 233 g/mol. The maximum absolute atomic E-state index is 13.5. The minimum atomic E-state index is -0.515. The highest BCUT2D eigenvalue weighted by Gasteiger charge is 2.05. The Kier molecular flexibility index (Phi) is 3.58. The zero-order valence-electron chi connectivity index (χ0n) is 9.93. The Hall–Kier alpha value is -2.35. The van der Waals surface area contributed by atoms with Gasteiger partial charge in [0.15, 0.2) is 11.6 Å². The van der Waals surface area contributed by atoms with Gasteiger partial charge >= 0.3 is 0 Å². The highest BCUT2D eigenvalue weighted by atomic mass is 19.1. The quantitative estimate of drug-likeness (QED) is 0.828. The van der Waals surface area contributed by atoms with Crippen LogP contribution in [0.15, 0.2) is 30.5 Å². The SMILES string of the molecule is Cn1nccc1CCOc1ccc(C#N)cc1F. The van der Waals surface area contributed by atoms with E-state index in [0.29, 0.717) is 13.0 Å². The van der Waals surface area contributed by atoms with Crippen LogP contribution in [0.2, 0.25) is 0 Å². The van der Waals surface area contributed by atoms with Crippen LogP contribution in [-0.2, 0) is 13.5 Å². The molecule has 0 aliphatic heterocycles. The molecule has 2 rings (SSSR count). The molecule has 0 saturated heterocycles. The molecule has 0 fully saturated rings. The van der Waals surface area contributed by atoms with Crippen molar-refractivity contribution in [3.05, 3.63) is 47.5 Å². The first kappa shape index (κ1) is 12.1. The van der Waals surface area contributed by atoms with Gasteiger partial charge in [-0.15, -0.1) is 0 Å². The summed E-state index contributed by atoms with van der Waals surface area (Å²) in [5.41, 5.74) is 1.30. The molecule has 1 aromatic carbocycles. The number of aromatic nitrogens is 2. The molecule has 0 spiro atoms. The van der Waals surface area contributed by atoms with E-state index in [2.05, 4.69) is 5.10 Å². The van der Waals surface area contributed by atoms with Crippen LogP contribution in [0, 0.1) is 17.1 Å². The molecule has 0 radical (unpaired) electrons. The van der Waals surface area contributed by atoms with Crippen molar-refractivity contribution in [2.75, 3.05) is 6.61 Å². The molecule has 1 aromatic heterocycles. The first-order chi connectivity index (χ1) is 8.70. The van der Waals surface area contributed by atoms with Crippen molar-refractivity contribution >= 4 is 0 Å². The molecular formula is C13H12FN3O. The molecule has 0 aliphatic rings. The molecule has 2 aromatic rings. The topological polar surface area (TPSA) is 50.8 Å². The van der Waals surface area contributed by atoms with Gasteiger partial charge in [-0.1, -0.05) is 0 Å². The van der Waals surface area contributed by atoms with E-state index >= 15 is 0 Å². The minimum absolute atomic E-state index is 0.163. The summed E-state index contributed by atoms with van der Waals surface area (Å²) in [5, 5.41) is 12.7. The van der Waals surface area contributed by atoms with Crippen LogP contribution >= 0.6 is 0 Å². The molecule has 5 heteroatoms. The highest BCUT2D eigenvalue weighted by molar-refractivity contribution is 5.35. The summed E-state index contributed by atoms with van der Waals surface area (Å²) in [7, 11) is 1.84. The summed E-state index contributed by atoms with van der Waals surface area (Å²) in [6.45, 7) is 0.363. The summed E-state index contributed by atoms with van der Waals surface area (Å²) in [5.74, 6) is -0.352. The summed E-state index contributed by atoms with van der Waals surface area (Å²) in [4.78, 5) is 0. The van der Waals surface area contributed by atoms with Gasteiger partial charge in [0.25, 0.3) is 0 Å². The maximum Gasteiger partial charge on any atom is 0.166 e. The van der Waals surface area contributed by atoms with Gasteiger partial charge in [-0.05, 0) is 24.3 Å². The zero-order chi connectivity index (χ0) is 13.0. The first-order valence-corrected chi connectivity index (χ1v) is 5.50. The Bertz CT molecular complexity index is 586. The molecule has 92 valence electrons. The number of benzene rings is 1. The van der Waals surface area contributed by atoms with E-state index in [1.165, 1.54) is 18.2 Å². The van der Waals surface area contributed by atoms with Gasteiger partial charge in [0.2, 0.25) is 0 Å². The van der Waals surface area contributed by atoms with Gasteiger partial charge < -0.3 is 4.74 Å². The molecule has 18 heavy (non-hydrogen) atoms. The summed E-state index contributed by atoms with van der Waals surface area (Å²) < 4.78 is 20.6. The van der Waals surface area contributed by atoms with Crippen molar-refractivity contribution in [3.8, 4) is 11.8 Å². The van der Waals surface area contributed by atoms with E-state index in [1.54, 1.807) is 10.9 Å². The van der Waals surface area contributed by atoms with E-state index in [4.69, 9.17) is 10.00 Å². The standard InChI is InChI=1S/C13H12FN3O/c1-17-11(4-6-16-17)5-7-18-13-3-2-10(9-15)8-12(13)14/h2-4,6,8H,5,7H2,1H3. The predicted molar refractivity (Wildman–Crippen MR) is 63.5 cm³/mol. The maximum atomic E-state index is 13.5. The lowest BCUT2D eigenvalue weighted by Crippen LogP contribution is -2.06. The Morgan fingerprint density at radius 1 is 1.44 bits per heavy atom. The van der Waals surface area contributed by atoms with Crippen LogP contribution in [0.3, 0.4) is 0 Å². The first-order valence-electron chi connectivity index (χ1n) is 5.50. The van der Waals surface area contributed by atoms with Crippen molar-refractivity contribution in [3.63, 3.8) is 0 Å². The van der Waals surface area contributed by atoms with E-state index in [1.807, 2.05) is 19.2 Å². The number of nitrogens with zero attached hydrogens (tertiary/aromatic N) is 3. The second-order valence-corrected chi connectivity index (χ2v) is 3.80. The lowest BCUT2D eigenvalue weighted by Gasteiger charge is -2.07. The van der Waals surface area contributed by atoms with Crippen molar-refractivity contribution in [1.82, 2.24) is 9.78 Å². The van der Waals surface area contributed by atoms with Crippen molar-refractivity contribution in [2.45, 2.75) is 6.42 Å². The van der Waals surface area contributed by atoms with Crippen LogP contribution in [0.25, 0.3) is 0 Å². The van der Waals surface area contributed by atoms with Gasteiger partial charge in [0.1, 0.15) is 0 Å². The number of hydrogen-bond acceptors (Lipinski definition) is 3. The third kappa shape index (κ3) is 2.66. The van der Waals surface area contributed by atoms with Crippen molar-refractivity contribution in [2.24, 2.45) is 7.05 Å².